The van der Waals surface area contributed by atoms with Crippen LogP contribution in [0.15, 0.2) is 36.9 Å². The van der Waals surface area contributed by atoms with Crippen LogP contribution in [-0.2, 0) is 9.47 Å². The second kappa shape index (κ2) is 7.69. The van der Waals surface area contributed by atoms with E-state index < -0.39 is 0 Å². The standard InChI is InChI=1S/C19H17N7O6/c27-18(10-4-20-8-21-5-10)22-12-6-28-17-13(7-29-16(12)17)26-19(23-24-25-26)32-11-1-2-14-15(3-11)31-9-30-14/h1-5,8,12-13,16-17H,6-7,9H2,(H,22,27)/t12-,13-,16+,17+/m0/s1. The minimum Gasteiger partial charge on any atom is -0.454 e. The zero-order chi connectivity index (χ0) is 21.5. The van der Waals surface area contributed by atoms with Crippen molar-refractivity contribution in [1.29, 1.82) is 0 Å². The van der Waals surface area contributed by atoms with E-state index >= 15 is 0 Å². The van der Waals surface area contributed by atoms with Gasteiger partial charge < -0.3 is 29.0 Å². The predicted molar refractivity (Wildman–Crippen MR) is 102 cm³/mol. The molecule has 2 saturated heterocycles. The maximum atomic E-state index is 12.5. The van der Waals surface area contributed by atoms with Gasteiger partial charge in [-0.3, -0.25) is 4.79 Å². The normalized spacial score (nSPS) is 25.5. The highest BCUT2D eigenvalue weighted by molar-refractivity contribution is 5.93. The molecular formula is C19H17N7O6. The molecule has 0 radical (unpaired) electrons. The van der Waals surface area contributed by atoms with Gasteiger partial charge in [-0.15, -0.1) is 0 Å². The molecule has 13 nitrogen and oxygen atoms in total. The first-order chi connectivity index (χ1) is 15.8. The molecule has 0 saturated carbocycles. The molecule has 32 heavy (non-hydrogen) atoms. The van der Waals surface area contributed by atoms with Gasteiger partial charge in [0, 0.05) is 18.5 Å². The fourth-order valence-corrected chi connectivity index (χ4v) is 3.99. The lowest BCUT2D eigenvalue weighted by Crippen LogP contribution is -2.44. The Morgan fingerprint density at radius 1 is 1.09 bits per heavy atom. The lowest BCUT2D eigenvalue weighted by Gasteiger charge is -2.18. The van der Waals surface area contributed by atoms with Crippen LogP contribution in [0.2, 0.25) is 0 Å². The highest BCUT2D eigenvalue weighted by Crippen LogP contribution is 2.38. The van der Waals surface area contributed by atoms with E-state index in [1.807, 2.05) is 0 Å². The Morgan fingerprint density at radius 2 is 1.94 bits per heavy atom. The number of fused-ring (bicyclic) bond motifs is 2. The molecule has 3 aromatic rings. The quantitative estimate of drug-likeness (QED) is 0.579. The number of carbonyl (C=O) groups is 1. The second-order valence-corrected chi connectivity index (χ2v) is 7.39. The van der Waals surface area contributed by atoms with Gasteiger partial charge in [0.25, 0.3) is 5.91 Å². The van der Waals surface area contributed by atoms with Crippen molar-refractivity contribution in [2.75, 3.05) is 20.0 Å². The summed E-state index contributed by atoms with van der Waals surface area (Å²) in [6, 6.07) is 4.75. The maximum absolute atomic E-state index is 12.5. The first-order valence-electron chi connectivity index (χ1n) is 9.91. The monoisotopic (exact) mass is 439 g/mol. The van der Waals surface area contributed by atoms with Gasteiger partial charge in [0.05, 0.1) is 24.8 Å². The van der Waals surface area contributed by atoms with Crippen LogP contribution in [0.3, 0.4) is 0 Å². The fraction of sp³-hybridized carbons (Fsp3) is 0.368. The molecule has 4 atom stereocenters. The van der Waals surface area contributed by atoms with Gasteiger partial charge in [-0.2, -0.15) is 4.68 Å². The zero-order valence-corrected chi connectivity index (χ0v) is 16.5. The lowest BCUT2D eigenvalue weighted by atomic mass is 10.1. The summed E-state index contributed by atoms with van der Waals surface area (Å²) in [5, 5.41) is 14.7. The Morgan fingerprint density at radius 3 is 2.84 bits per heavy atom. The van der Waals surface area contributed by atoms with Crippen molar-refractivity contribution in [3.63, 3.8) is 0 Å². The van der Waals surface area contributed by atoms with Crippen molar-refractivity contribution in [3.8, 4) is 23.3 Å². The number of amides is 1. The summed E-state index contributed by atoms with van der Waals surface area (Å²) in [4.78, 5) is 20.2. The smallest absolute Gasteiger partial charge is 0.341 e. The minimum absolute atomic E-state index is 0.172. The van der Waals surface area contributed by atoms with Gasteiger partial charge in [-0.05, 0) is 22.6 Å². The molecule has 1 N–H and O–H groups in total. The van der Waals surface area contributed by atoms with E-state index in [2.05, 4.69) is 30.8 Å². The largest absolute Gasteiger partial charge is 0.454 e. The van der Waals surface area contributed by atoms with Crippen LogP contribution in [0.1, 0.15) is 16.4 Å². The third-order valence-corrected chi connectivity index (χ3v) is 5.50. The molecular weight excluding hydrogens is 422 g/mol. The van der Waals surface area contributed by atoms with Crippen LogP contribution >= 0.6 is 0 Å². The number of ether oxygens (including phenoxy) is 5. The Labute approximate surface area is 180 Å². The Balaban J connectivity index is 1.16. The van der Waals surface area contributed by atoms with Crippen molar-refractivity contribution < 1.29 is 28.5 Å². The van der Waals surface area contributed by atoms with Gasteiger partial charge in [0.2, 0.25) is 6.79 Å². The summed E-state index contributed by atoms with van der Waals surface area (Å²) in [7, 11) is 0. The topological polar surface area (TPSA) is 145 Å². The van der Waals surface area contributed by atoms with Crippen LogP contribution in [0.4, 0.5) is 0 Å². The van der Waals surface area contributed by atoms with E-state index in [4.69, 9.17) is 23.7 Å². The molecule has 5 heterocycles. The summed E-state index contributed by atoms with van der Waals surface area (Å²) in [5.74, 6) is 1.45. The van der Waals surface area contributed by atoms with Gasteiger partial charge in [0.15, 0.2) is 11.5 Å². The van der Waals surface area contributed by atoms with Crippen LogP contribution in [0.25, 0.3) is 0 Å². The Kier molecular flexibility index (Phi) is 4.54. The summed E-state index contributed by atoms with van der Waals surface area (Å²) >= 11 is 0. The van der Waals surface area contributed by atoms with Crippen molar-refractivity contribution >= 4 is 5.91 Å². The number of rotatable bonds is 5. The third kappa shape index (κ3) is 3.27. The first kappa shape index (κ1) is 18.9. The molecule has 164 valence electrons. The Bertz CT molecular complexity index is 1140. The van der Waals surface area contributed by atoms with Gasteiger partial charge >= 0.3 is 6.01 Å². The molecule has 2 fully saturated rings. The van der Waals surface area contributed by atoms with E-state index in [0.717, 1.165) is 0 Å². The molecule has 0 unspecified atom stereocenters. The van der Waals surface area contributed by atoms with Crippen molar-refractivity contribution in [2.45, 2.75) is 24.3 Å². The third-order valence-electron chi connectivity index (χ3n) is 5.50. The number of carbonyl (C=O) groups excluding carboxylic acids is 1. The highest BCUT2D eigenvalue weighted by Gasteiger charge is 2.50. The van der Waals surface area contributed by atoms with E-state index in [0.29, 0.717) is 36.0 Å². The second-order valence-electron chi connectivity index (χ2n) is 7.39. The first-order valence-corrected chi connectivity index (χ1v) is 9.91. The zero-order valence-electron chi connectivity index (χ0n) is 16.5. The molecule has 2 aromatic heterocycles. The number of benzene rings is 1. The fourth-order valence-electron chi connectivity index (χ4n) is 3.99. The number of tetrazole rings is 1. The molecule has 0 bridgehead atoms. The number of nitrogens with one attached hydrogen (secondary N) is 1. The van der Waals surface area contributed by atoms with Crippen LogP contribution in [-0.4, -0.2) is 74.3 Å². The highest BCUT2D eigenvalue weighted by atomic mass is 16.7. The van der Waals surface area contributed by atoms with E-state index in [1.165, 1.54) is 23.4 Å². The number of nitrogens with zero attached hydrogens (tertiary/aromatic N) is 6. The number of hydrogen-bond acceptors (Lipinski definition) is 11. The van der Waals surface area contributed by atoms with Crippen LogP contribution in [0.5, 0.6) is 23.3 Å². The van der Waals surface area contributed by atoms with Gasteiger partial charge in [-0.1, -0.05) is 5.10 Å². The van der Waals surface area contributed by atoms with Crippen molar-refractivity contribution in [3.05, 3.63) is 42.5 Å². The summed E-state index contributed by atoms with van der Waals surface area (Å²) < 4.78 is 30.0. The molecule has 0 spiro atoms. The summed E-state index contributed by atoms with van der Waals surface area (Å²) in [6.07, 6.45) is 3.57. The Hall–Kier alpha value is -3.84. The van der Waals surface area contributed by atoms with Crippen LogP contribution in [0, 0.1) is 0 Å². The average Bonchev–Trinajstić information content (AvgIpc) is 3.60. The lowest BCUT2D eigenvalue weighted by molar-refractivity contribution is 0.0606. The maximum Gasteiger partial charge on any atom is 0.341 e. The van der Waals surface area contributed by atoms with E-state index in [9.17, 15) is 4.79 Å². The van der Waals surface area contributed by atoms with Crippen LogP contribution < -0.4 is 19.5 Å². The SMILES string of the molecule is O=C(N[C@H]1CO[C@H]2[C@@H]1OC[C@@H]2n1nnnc1Oc1ccc2c(c1)OCO2)c1cncnc1. The van der Waals surface area contributed by atoms with E-state index in [1.54, 1.807) is 18.2 Å². The van der Waals surface area contributed by atoms with Gasteiger partial charge in [-0.25, -0.2) is 9.97 Å². The van der Waals surface area contributed by atoms with E-state index in [-0.39, 0.29) is 43.0 Å². The summed E-state index contributed by atoms with van der Waals surface area (Å²) in [5.41, 5.74) is 0.366. The van der Waals surface area contributed by atoms with Gasteiger partial charge in [0.1, 0.15) is 30.3 Å². The summed E-state index contributed by atoms with van der Waals surface area (Å²) in [6.45, 7) is 0.774. The number of aromatic nitrogens is 6. The van der Waals surface area contributed by atoms with Crippen molar-refractivity contribution in [2.24, 2.45) is 0 Å². The number of hydrogen-bond donors (Lipinski definition) is 1. The minimum atomic E-state index is -0.352. The predicted octanol–water partition coefficient (Wildman–Crippen LogP) is 0.121. The molecule has 6 rings (SSSR count). The molecule has 3 aliphatic heterocycles. The molecule has 0 aliphatic carbocycles. The molecule has 3 aliphatic rings. The average molecular weight is 439 g/mol. The molecule has 1 amide bonds. The molecule has 13 heteroatoms. The van der Waals surface area contributed by atoms with Crippen molar-refractivity contribution in [1.82, 2.24) is 35.5 Å². The molecule has 1 aromatic carbocycles.